The Morgan fingerprint density at radius 1 is 1.24 bits per heavy atom. The number of aliphatic carboxylic acids is 1. The van der Waals surface area contributed by atoms with Gasteiger partial charge in [0.1, 0.15) is 5.92 Å². The van der Waals surface area contributed by atoms with E-state index in [9.17, 15) is 14.7 Å². The number of hydrogen-bond acceptors (Lipinski definition) is 5. The second kappa shape index (κ2) is 6.43. The minimum atomic E-state index is -1.03. The second-order valence-electron chi connectivity index (χ2n) is 5.76. The van der Waals surface area contributed by atoms with Gasteiger partial charge >= 0.3 is 5.97 Å². The number of ether oxygens (including phenoxy) is 2. The Bertz CT molecular complexity index is 822. The molecule has 25 heavy (non-hydrogen) atoms. The molecule has 0 unspecified atom stereocenters. The molecule has 0 bridgehead atoms. The molecule has 2 aromatic rings. The Labute approximate surface area is 144 Å². The molecule has 1 N–H and O–H groups in total. The van der Waals surface area contributed by atoms with Gasteiger partial charge in [-0.3, -0.25) is 14.6 Å². The third-order valence-electron chi connectivity index (χ3n) is 4.47. The maximum atomic E-state index is 12.9. The van der Waals surface area contributed by atoms with Crippen LogP contribution in [-0.2, 0) is 4.79 Å². The third-order valence-corrected chi connectivity index (χ3v) is 4.47. The van der Waals surface area contributed by atoms with Gasteiger partial charge < -0.3 is 19.5 Å². The van der Waals surface area contributed by atoms with Gasteiger partial charge in [0.25, 0.3) is 5.91 Å². The molecule has 2 atom stereocenters. The summed E-state index contributed by atoms with van der Waals surface area (Å²) >= 11 is 0. The van der Waals surface area contributed by atoms with E-state index >= 15 is 0 Å². The average Bonchev–Trinajstić information content (AvgIpc) is 2.63. The van der Waals surface area contributed by atoms with Gasteiger partial charge in [-0.1, -0.05) is 6.07 Å². The lowest BCUT2D eigenvalue weighted by Gasteiger charge is -2.38. The van der Waals surface area contributed by atoms with E-state index in [1.165, 1.54) is 25.2 Å². The van der Waals surface area contributed by atoms with Crippen molar-refractivity contribution in [3.63, 3.8) is 0 Å². The van der Waals surface area contributed by atoms with Gasteiger partial charge in [-0.05, 0) is 29.3 Å². The van der Waals surface area contributed by atoms with Crippen LogP contribution in [0.5, 0.6) is 11.5 Å². The van der Waals surface area contributed by atoms with Crippen LogP contribution in [0.1, 0.15) is 33.4 Å². The Morgan fingerprint density at radius 2 is 1.92 bits per heavy atom. The van der Waals surface area contributed by atoms with Gasteiger partial charge in [0.05, 0.1) is 20.3 Å². The largest absolute Gasteiger partial charge is 0.493 e. The van der Waals surface area contributed by atoms with Crippen LogP contribution in [0.2, 0.25) is 0 Å². The van der Waals surface area contributed by atoms with E-state index in [1.54, 1.807) is 37.6 Å². The first-order valence-electron chi connectivity index (χ1n) is 7.65. The van der Waals surface area contributed by atoms with Crippen LogP contribution in [0, 0.1) is 0 Å². The number of likely N-dealkylation sites (N-methyl/N-ethyl adjacent to an activating group) is 1. The Morgan fingerprint density at radius 3 is 2.48 bits per heavy atom. The number of fused-ring (bicyclic) bond motifs is 1. The molecule has 0 radical (unpaired) electrons. The monoisotopic (exact) mass is 342 g/mol. The maximum Gasteiger partial charge on any atom is 0.313 e. The number of aromatic nitrogens is 1. The fourth-order valence-electron chi connectivity index (χ4n) is 3.28. The smallest absolute Gasteiger partial charge is 0.313 e. The van der Waals surface area contributed by atoms with Crippen LogP contribution in [0.3, 0.4) is 0 Å². The standard InChI is InChI=1S/C18H18N2O5/c1-20-16(10-5-4-6-19-9-10)15(18(22)23)11-7-13(24-2)14(25-3)8-12(11)17(20)21/h4-9,15-16H,1-3H3,(H,22,23)/t15-,16-/m1/s1. The summed E-state index contributed by atoms with van der Waals surface area (Å²) in [4.78, 5) is 30.4. The number of hydrogen-bond donors (Lipinski definition) is 1. The number of carboxylic acids is 1. The molecule has 3 rings (SSSR count). The summed E-state index contributed by atoms with van der Waals surface area (Å²) in [7, 11) is 4.53. The SMILES string of the molecule is COc1cc2c(cc1OC)[C@@H](C(=O)O)[C@@H](c1cccnc1)N(C)C2=O. The summed E-state index contributed by atoms with van der Waals surface area (Å²) in [5.74, 6) is -1.48. The van der Waals surface area contributed by atoms with Crippen LogP contribution in [0.4, 0.5) is 0 Å². The minimum absolute atomic E-state index is 0.276. The van der Waals surface area contributed by atoms with Crippen molar-refractivity contribution in [2.24, 2.45) is 0 Å². The molecule has 0 saturated heterocycles. The third kappa shape index (κ3) is 2.67. The Hall–Kier alpha value is -3.09. The maximum absolute atomic E-state index is 12.9. The fourth-order valence-corrected chi connectivity index (χ4v) is 3.28. The molecule has 130 valence electrons. The van der Waals surface area contributed by atoms with Crippen molar-refractivity contribution in [3.05, 3.63) is 53.3 Å². The first-order valence-corrected chi connectivity index (χ1v) is 7.65. The van der Waals surface area contributed by atoms with Crippen molar-refractivity contribution in [1.82, 2.24) is 9.88 Å². The second-order valence-corrected chi connectivity index (χ2v) is 5.76. The Kier molecular flexibility index (Phi) is 4.31. The molecule has 1 amide bonds. The lowest BCUT2D eigenvalue weighted by atomic mass is 9.80. The molecule has 1 aromatic heterocycles. The van der Waals surface area contributed by atoms with E-state index in [2.05, 4.69) is 4.98 Å². The number of benzene rings is 1. The quantitative estimate of drug-likeness (QED) is 0.915. The molecule has 1 aliphatic rings. The molecule has 0 spiro atoms. The normalized spacial score (nSPS) is 19.3. The molecule has 7 nitrogen and oxygen atoms in total. The number of carbonyl (C=O) groups excluding carboxylic acids is 1. The minimum Gasteiger partial charge on any atom is -0.493 e. The van der Waals surface area contributed by atoms with Gasteiger partial charge in [-0.15, -0.1) is 0 Å². The summed E-state index contributed by atoms with van der Waals surface area (Å²) in [6.45, 7) is 0. The van der Waals surface area contributed by atoms with Crippen molar-refractivity contribution >= 4 is 11.9 Å². The topological polar surface area (TPSA) is 89.0 Å². The van der Waals surface area contributed by atoms with Gasteiger partial charge in [0.15, 0.2) is 11.5 Å². The molecular formula is C18H18N2O5. The van der Waals surface area contributed by atoms with Gasteiger partial charge in [0.2, 0.25) is 0 Å². The summed E-state index contributed by atoms with van der Waals surface area (Å²) < 4.78 is 10.5. The van der Waals surface area contributed by atoms with Crippen LogP contribution in [-0.4, -0.2) is 48.1 Å². The van der Waals surface area contributed by atoms with E-state index < -0.39 is 17.9 Å². The average molecular weight is 342 g/mol. The fraction of sp³-hybridized carbons (Fsp3) is 0.278. The van der Waals surface area contributed by atoms with Crippen molar-refractivity contribution < 1.29 is 24.2 Å². The zero-order valence-corrected chi connectivity index (χ0v) is 14.1. The van der Waals surface area contributed by atoms with Crippen LogP contribution >= 0.6 is 0 Å². The highest BCUT2D eigenvalue weighted by molar-refractivity contribution is 6.01. The summed E-state index contributed by atoms with van der Waals surface area (Å²) in [5, 5.41) is 9.88. The lowest BCUT2D eigenvalue weighted by molar-refractivity contribution is -0.140. The molecule has 2 heterocycles. The van der Waals surface area contributed by atoms with Crippen molar-refractivity contribution in [1.29, 1.82) is 0 Å². The first-order chi connectivity index (χ1) is 12.0. The van der Waals surface area contributed by atoms with Crippen LogP contribution in [0.25, 0.3) is 0 Å². The number of pyridine rings is 1. The van der Waals surface area contributed by atoms with E-state index in [4.69, 9.17) is 9.47 Å². The van der Waals surface area contributed by atoms with Crippen LogP contribution < -0.4 is 9.47 Å². The van der Waals surface area contributed by atoms with E-state index in [0.29, 0.717) is 28.2 Å². The summed E-state index contributed by atoms with van der Waals surface area (Å²) in [6.07, 6.45) is 3.18. The first kappa shape index (κ1) is 16.8. The van der Waals surface area contributed by atoms with Gasteiger partial charge in [0, 0.05) is 25.0 Å². The Balaban J connectivity index is 2.24. The van der Waals surface area contributed by atoms with Gasteiger partial charge in [-0.2, -0.15) is 0 Å². The predicted molar refractivity (Wildman–Crippen MR) is 89.0 cm³/mol. The highest BCUT2D eigenvalue weighted by atomic mass is 16.5. The summed E-state index contributed by atoms with van der Waals surface area (Å²) in [5.41, 5.74) is 1.36. The number of rotatable bonds is 4. The van der Waals surface area contributed by atoms with Crippen molar-refractivity contribution in [3.8, 4) is 11.5 Å². The number of nitrogens with zero attached hydrogens (tertiary/aromatic N) is 2. The lowest BCUT2D eigenvalue weighted by Crippen LogP contribution is -2.42. The predicted octanol–water partition coefficient (Wildman–Crippen LogP) is 2.09. The van der Waals surface area contributed by atoms with Gasteiger partial charge in [-0.25, -0.2) is 0 Å². The number of amides is 1. The van der Waals surface area contributed by atoms with Crippen molar-refractivity contribution in [2.75, 3.05) is 21.3 Å². The molecule has 1 aliphatic heterocycles. The zero-order chi connectivity index (χ0) is 18.1. The van der Waals surface area contributed by atoms with E-state index in [1.807, 2.05) is 0 Å². The number of carboxylic acid groups (broad SMARTS) is 1. The molecule has 0 fully saturated rings. The van der Waals surface area contributed by atoms with Crippen molar-refractivity contribution in [2.45, 2.75) is 12.0 Å². The molecule has 7 heteroatoms. The highest BCUT2D eigenvalue weighted by Gasteiger charge is 2.43. The summed E-state index contributed by atoms with van der Waals surface area (Å²) in [6, 6.07) is 5.92. The van der Waals surface area contributed by atoms with E-state index in [0.717, 1.165) is 0 Å². The molecule has 0 saturated carbocycles. The molecule has 1 aromatic carbocycles. The van der Waals surface area contributed by atoms with Crippen LogP contribution in [0.15, 0.2) is 36.7 Å². The van der Waals surface area contributed by atoms with E-state index in [-0.39, 0.29) is 5.91 Å². The number of carbonyl (C=O) groups is 2. The zero-order valence-electron chi connectivity index (χ0n) is 14.1. The number of methoxy groups -OCH3 is 2. The molecule has 0 aliphatic carbocycles. The highest BCUT2D eigenvalue weighted by Crippen LogP contribution is 2.45. The molecular weight excluding hydrogens is 324 g/mol.